The summed E-state index contributed by atoms with van der Waals surface area (Å²) in [5, 5.41) is 4.28. The Labute approximate surface area is 211 Å². The van der Waals surface area contributed by atoms with Crippen LogP contribution in [0.25, 0.3) is 11.1 Å². The average molecular weight is 492 g/mol. The minimum atomic E-state index is -0.0676. The summed E-state index contributed by atoms with van der Waals surface area (Å²) in [6.45, 7) is 5.57. The maximum Gasteiger partial charge on any atom is 0.259 e. The Bertz CT molecular complexity index is 1190. The lowest BCUT2D eigenvalue weighted by molar-refractivity contribution is 0.0952. The second kappa shape index (κ2) is 10.3. The Morgan fingerprint density at radius 2 is 1.76 bits per heavy atom. The van der Waals surface area contributed by atoms with E-state index in [4.69, 9.17) is 23.2 Å². The fourth-order valence-corrected chi connectivity index (χ4v) is 5.24. The van der Waals surface area contributed by atoms with E-state index in [2.05, 4.69) is 45.4 Å². The van der Waals surface area contributed by atoms with E-state index in [0.29, 0.717) is 22.2 Å². The first-order valence-corrected chi connectivity index (χ1v) is 12.6. The Balaban J connectivity index is 1.03. The van der Waals surface area contributed by atoms with Crippen molar-refractivity contribution in [3.8, 4) is 11.1 Å². The van der Waals surface area contributed by atoms with Gasteiger partial charge in [0.1, 0.15) is 0 Å². The van der Waals surface area contributed by atoms with Crippen molar-refractivity contribution < 1.29 is 4.79 Å². The summed E-state index contributed by atoms with van der Waals surface area (Å²) in [5.41, 5.74) is 6.31. The molecule has 2 aliphatic rings. The van der Waals surface area contributed by atoms with Gasteiger partial charge in [0.15, 0.2) is 0 Å². The van der Waals surface area contributed by atoms with Gasteiger partial charge in [0.05, 0.1) is 21.3 Å². The molecule has 174 valence electrons. The van der Waals surface area contributed by atoms with Gasteiger partial charge in [-0.2, -0.15) is 0 Å². The number of nitrogens with zero attached hydrogens (tertiary/aromatic N) is 2. The molecule has 1 amide bonds. The first kappa shape index (κ1) is 23.1. The standard InChI is InChI=1S/C28H27Cl2N3O/c29-25-8-5-9-26(27(25)30)33-16-14-32(15-17-33)13-4-3-12-31-28(34)21-10-11-24-22(19-21)18-20-6-1-2-7-23(20)24/h1-2,5-9,19H,3-4,12-18H2,(H,31,34). The van der Waals surface area contributed by atoms with Crippen LogP contribution < -0.4 is 10.2 Å². The third-order valence-corrected chi connectivity index (χ3v) is 7.51. The van der Waals surface area contributed by atoms with Crippen molar-refractivity contribution in [2.75, 3.05) is 44.2 Å². The van der Waals surface area contributed by atoms with Crippen molar-refractivity contribution in [1.82, 2.24) is 10.2 Å². The highest BCUT2D eigenvalue weighted by Crippen LogP contribution is 2.35. The lowest BCUT2D eigenvalue weighted by atomic mass is 10.1. The minimum Gasteiger partial charge on any atom is -0.368 e. The molecule has 0 aromatic heterocycles. The molecule has 3 aromatic rings. The topological polar surface area (TPSA) is 35.6 Å². The van der Waals surface area contributed by atoms with E-state index in [1.807, 2.05) is 30.3 Å². The highest BCUT2D eigenvalue weighted by Gasteiger charge is 2.20. The van der Waals surface area contributed by atoms with Gasteiger partial charge >= 0.3 is 0 Å². The first-order chi connectivity index (χ1) is 16.6. The van der Waals surface area contributed by atoms with E-state index >= 15 is 0 Å². The van der Waals surface area contributed by atoms with Crippen LogP contribution in [0.4, 0.5) is 5.69 Å². The van der Waals surface area contributed by atoms with Gasteiger partial charge in [-0.25, -0.2) is 0 Å². The molecular weight excluding hydrogens is 465 g/mol. The molecule has 5 rings (SSSR count). The number of rotatable bonds is 7. The molecule has 0 radical (unpaired) electrons. The highest BCUT2D eigenvalue weighted by molar-refractivity contribution is 6.43. The molecule has 0 saturated carbocycles. The molecule has 0 bridgehead atoms. The van der Waals surface area contributed by atoms with Crippen LogP contribution in [0.5, 0.6) is 0 Å². The molecule has 1 fully saturated rings. The Morgan fingerprint density at radius 1 is 0.941 bits per heavy atom. The Kier molecular flexibility index (Phi) is 6.97. The molecule has 1 saturated heterocycles. The summed E-state index contributed by atoms with van der Waals surface area (Å²) in [6.07, 6.45) is 2.85. The molecule has 0 unspecified atom stereocenters. The predicted octanol–water partition coefficient (Wildman–Crippen LogP) is 5.50. The van der Waals surface area contributed by atoms with E-state index in [9.17, 15) is 4.79 Å². The first-order valence-electron chi connectivity index (χ1n) is 11.8. The van der Waals surface area contributed by atoms with Crippen LogP contribution >= 0.6 is 23.2 Å². The number of hydrogen-bond acceptors (Lipinski definition) is 3. The third kappa shape index (κ3) is 4.88. The monoisotopic (exact) mass is 491 g/mol. The molecule has 34 heavy (non-hydrogen) atoms. The van der Waals surface area contributed by atoms with Gasteiger partial charge in [-0.1, -0.05) is 65.7 Å². The van der Waals surface area contributed by atoms with Gasteiger partial charge in [-0.3, -0.25) is 9.69 Å². The maximum absolute atomic E-state index is 12.6. The Hall–Kier alpha value is -2.71. The molecular formula is C28H27Cl2N3O. The summed E-state index contributed by atoms with van der Waals surface area (Å²) in [4.78, 5) is 17.4. The Morgan fingerprint density at radius 3 is 2.62 bits per heavy atom. The largest absolute Gasteiger partial charge is 0.368 e. The van der Waals surface area contributed by atoms with Crippen molar-refractivity contribution in [3.05, 3.63) is 87.4 Å². The number of nitrogens with one attached hydrogen (secondary N) is 1. The number of hydrogen-bond donors (Lipinski definition) is 1. The highest BCUT2D eigenvalue weighted by atomic mass is 35.5. The van der Waals surface area contributed by atoms with Crippen molar-refractivity contribution in [2.45, 2.75) is 19.3 Å². The van der Waals surface area contributed by atoms with E-state index < -0.39 is 0 Å². The zero-order valence-corrected chi connectivity index (χ0v) is 20.6. The number of unbranched alkanes of at least 4 members (excludes halogenated alkanes) is 1. The molecule has 0 spiro atoms. The number of anilines is 1. The molecule has 1 heterocycles. The third-order valence-electron chi connectivity index (χ3n) is 6.70. The van der Waals surface area contributed by atoms with Gasteiger partial charge in [0.2, 0.25) is 0 Å². The zero-order chi connectivity index (χ0) is 23.5. The predicted molar refractivity (Wildman–Crippen MR) is 139 cm³/mol. The maximum atomic E-state index is 12.6. The smallest absolute Gasteiger partial charge is 0.259 e. The van der Waals surface area contributed by atoms with Crippen LogP contribution in [0.2, 0.25) is 10.0 Å². The quantitative estimate of drug-likeness (QED) is 0.346. The minimum absolute atomic E-state index is 0.0676. The van der Waals surface area contributed by atoms with Crippen LogP contribution in [0.15, 0.2) is 48.5 Å². The number of carbonyl (C=O) groups excluding carboxylic acids is 1. The number of halogens is 2. The average Bonchev–Trinajstić information content (AvgIpc) is 3.24. The fourth-order valence-electron chi connectivity index (χ4n) is 4.82. The number of carbonyl (C=O) groups is 1. The molecule has 6 heteroatoms. The zero-order valence-electron chi connectivity index (χ0n) is 19.0. The van der Waals surface area contributed by atoms with Gasteiger partial charge in [-0.15, -0.1) is 0 Å². The van der Waals surface area contributed by atoms with Crippen LogP contribution in [-0.4, -0.2) is 50.1 Å². The van der Waals surface area contributed by atoms with Crippen molar-refractivity contribution in [1.29, 1.82) is 0 Å². The van der Waals surface area contributed by atoms with Gasteiger partial charge in [-0.05, 0) is 60.7 Å². The summed E-state index contributed by atoms with van der Waals surface area (Å²) in [7, 11) is 0. The van der Waals surface area contributed by atoms with E-state index in [1.54, 1.807) is 0 Å². The molecule has 1 N–H and O–H groups in total. The lowest BCUT2D eigenvalue weighted by Crippen LogP contribution is -2.46. The number of fused-ring (bicyclic) bond motifs is 3. The van der Waals surface area contributed by atoms with Gasteiger partial charge < -0.3 is 10.2 Å². The van der Waals surface area contributed by atoms with E-state index in [-0.39, 0.29) is 5.91 Å². The number of benzene rings is 2. The van der Waals surface area contributed by atoms with E-state index in [1.165, 1.54) is 11.1 Å². The summed E-state index contributed by atoms with van der Waals surface area (Å²) >= 11 is 12.5. The van der Waals surface area contributed by atoms with Crippen LogP contribution in [0.3, 0.4) is 0 Å². The number of piperazine rings is 1. The van der Waals surface area contributed by atoms with Crippen molar-refractivity contribution in [3.63, 3.8) is 0 Å². The van der Waals surface area contributed by atoms with Crippen LogP contribution in [0, 0.1) is 12.1 Å². The van der Waals surface area contributed by atoms with Crippen molar-refractivity contribution in [2.24, 2.45) is 0 Å². The molecule has 3 aromatic carbocycles. The normalized spacial score (nSPS) is 14.9. The molecule has 4 nitrogen and oxygen atoms in total. The molecule has 0 atom stereocenters. The second-order valence-corrected chi connectivity index (χ2v) is 9.69. The summed E-state index contributed by atoms with van der Waals surface area (Å²) < 4.78 is 0. The lowest BCUT2D eigenvalue weighted by Gasteiger charge is -2.36. The molecule has 1 aliphatic carbocycles. The molecule has 1 aliphatic heterocycles. The van der Waals surface area contributed by atoms with E-state index in [0.717, 1.165) is 68.8 Å². The fraction of sp³-hybridized carbons (Fsp3) is 0.321. The van der Waals surface area contributed by atoms with Crippen molar-refractivity contribution >= 4 is 34.8 Å². The number of amides is 1. The van der Waals surface area contributed by atoms with Crippen LogP contribution in [-0.2, 0) is 6.42 Å². The summed E-state index contributed by atoms with van der Waals surface area (Å²) in [6, 6.07) is 22.4. The second-order valence-electron chi connectivity index (χ2n) is 8.91. The van der Waals surface area contributed by atoms with Gasteiger partial charge in [0.25, 0.3) is 5.91 Å². The SMILES string of the molecule is O=C(NCCCCN1CCN(c2cccc(Cl)c2Cl)CC1)c1c#cc2c(c1)Cc1ccccc1-2. The van der Waals surface area contributed by atoms with Gasteiger partial charge in [0, 0.05) is 38.3 Å². The summed E-state index contributed by atoms with van der Waals surface area (Å²) in [5.74, 6) is -0.0676. The van der Waals surface area contributed by atoms with Crippen LogP contribution in [0.1, 0.15) is 34.3 Å².